The number of methoxy groups -OCH3 is 2. The highest BCUT2D eigenvalue weighted by Gasteiger charge is 2.34. The van der Waals surface area contributed by atoms with E-state index in [1.807, 2.05) is 0 Å². The fraction of sp³-hybridized carbons (Fsp3) is 0.312. The summed E-state index contributed by atoms with van der Waals surface area (Å²) >= 11 is 1.36. The molecule has 0 spiro atoms. The van der Waals surface area contributed by atoms with Crippen LogP contribution in [0.2, 0.25) is 0 Å². The average Bonchev–Trinajstić information content (AvgIpc) is 3.04. The third-order valence-corrected chi connectivity index (χ3v) is 3.98. The molecule has 0 bridgehead atoms. The molecule has 0 N–H and O–H groups in total. The summed E-state index contributed by atoms with van der Waals surface area (Å²) in [6.07, 6.45) is -4.49. The van der Waals surface area contributed by atoms with Crippen molar-refractivity contribution in [1.82, 2.24) is 4.90 Å². The first-order valence-electron chi connectivity index (χ1n) is 6.93. The lowest BCUT2D eigenvalue weighted by atomic mass is 10.1. The molecule has 0 aliphatic carbocycles. The number of halogens is 3. The van der Waals surface area contributed by atoms with Crippen molar-refractivity contribution in [3.63, 3.8) is 0 Å². The zero-order valence-corrected chi connectivity index (χ0v) is 13.9. The fourth-order valence-electron chi connectivity index (χ4n) is 2.16. The highest BCUT2D eigenvalue weighted by molar-refractivity contribution is 7.07. The zero-order chi connectivity index (χ0) is 17.7. The van der Waals surface area contributed by atoms with Crippen LogP contribution >= 0.6 is 11.3 Å². The summed E-state index contributed by atoms with van der Waals surface area (Å²) < 4.78 is 48.8. The molecule has 0 saturated carbocycles. The van der Waals surface area contributed by atoms with Crippen LogP contribution in [0.4, 0.5) is 13.2 Å². The van der Waals surface area contributed by atoms with E-state index >= 15 is 0 Å². The lowest BCUT2D eigenvalue weighted by Gasteiger charge is -2.24. The molecule has 2 rings (SSSR count). The van der Waals surface area contributed by atoms with Gasteiger partial charge in [-0.1, -0.05) is 0 Å². The molecule has 1 heterocycles. The van der Waals surface area contributed by atoms with Crippen LogP contribution in [0.5, 0.6) is 11.5 Å². The molecular weight excluding hydrogens is 343 g/mol. The Morgan fingerprint density at radius 1 is 1.21 bits per heavy atom. The van der Waals surface area contributed by atoms with Crippen molar-refractivity contribution in [2.75, 3.05) is 20.8 Å². The number of amides is 1. The molecule has 0 unspecified atom stereocenters. The van der Waals surface area contributed by atoms with Crippen LogP contribution in [0.3, 0.4) is 0 Å². The number of benzene rings is 1. The molecular formula is C16H16F3NO3S. The maximum absolute atomic E-state index is 12.9. The smallest absolute Gasteiger partial charge is 0.406 e. The molecule has 1 aromatic carbocycles. The quantitative estimate of drug-likeness (QED) is 0.783. The van der Waals surface area contributed by atoms with Crippen molar-refractivity contribution in [3.05, 3.63) is 46.2 Å². The second-order valence-corrected chi connectivity index (χ2v) is 5.75. The predicted octanol–water partition coefficient (Wildman–Crippen LogP) is 3.97. The number of nitrogens with zero attached hydrogens (tertiary/aromatic N) is 1. The number of ether oxygens (including phenoxy) is 2. The van der Waals surface area contributed by atoms with E-state index in [0.29, 0.717) is 11.3 Å². The Kier molecular flexibility index (Phi) is 5.71. The monoisotopic (exact) mass is 359 g/mol. The fourth-order valence-corrected chi connectivity index (χ4v) is 2.82. The molecule has 2 aromatic rings. The molecule has 1 amide bonds. The first kappa shape index (κ1) is 18.1. The summed E-state index contributed by atoms with van der Waals surface area (Å²) in [6, 6.07) is 6.05. The van der Waals surface area contributed by atoms with E-state index in [4.69, 9.17) is 9.47 Å². The van der Waals surface area contributed by atoms with Gasteiger partial charge in [0, 0.05) is 12.6 Å². The van der Waals surface area contributed by atoms with Gasteiger partial charge >= 0.3 is 6.18 Å². The molecule has 1 aromatic heterocycles. The Balaban J connectivity index is 2.32. The van der Waals surface area contributed by atoms with Crippen molar-refractivity contribution >= 4 is 17.2 Å². The number of carbonyl (C=O) groups excluding carboxylic acids is 1. The van der Waals surface area contributed by atoms with Gasteiger partial charge in [-0.2, -0.15) is 24.5 Å². The maximum atomic E-state index is 12.9. The molecule has 130 valence electrons. The first-order chi connectivity index (χ1) is 11.3. The van der Waals surface area contributed by atoms with E-state index in [1.165, 1.54) is 43.8 Å². The Labute approximate surface area is 141 Å². The first-order valence-corrected chi connectivity index (χ1v) is 7.87. The molecule has 0 aliphatic rings. The molecule has 24 heavy (non-hydrogen) atoms. The number of hydrogen-bond acceptors (Lipinski definition) is 4. The average molecular weight is 359 g/mol. The van der Waals surface area contributed by atoms with Crippen LogP contribution in [-0.2, 0) is 6.54 Å². The van der Waals surface area contributed by atoms with Gasteiger partial charge in [-0.05, 0) is 34.5 Å². The van der Waals surface area contributed by atoms with Crippen LogP contribution in [0.15, 0.2) is 35.0 Å². The lowest BCUT2D eigenvalue weighted by Crippen LogP contribution is -2.38. The summed E-state index contributed by atoms with van der Waals surface area (Å²) in [7, 11) is 2.79. The van der Waals surface area contributed by atoms with Gasteiger partial charge in [0.1, 0.15) is 18.0 Å². The van der Waals surface area contributed by atoms with Crippen LogP contribution < -0.4 is 9.47 Å². The van der Waals surface area contributed by atoms with Gasteiger partial charge in [0.15, 0.2) is 0 Å². The highest BCUT2D eigenvalue weighted by Crippen LogP contribution is 2.28. The number of hydrogen-bond donors (Lipinski definition) is 0. The molecule has 0 radical (unpaired) electrons. The standard InChI is InChI=1S/C16H16F3NO3S/c1-22-12-3-4-13(14(7-12)23-2)15(21)20(10-16(17,18)19)8-11-5-6-24-9-11/h3-7,9H,8,10H2,1-2H3. The third kappa shape index (κ3) is 4.64. The van der Waals surface area contributed by atoms with E-state index in [1.54, 1.807) is 16.8 Å². The van der Waals surface area contributed by atoms with E-state index < -0.39 is 18.6 Å². The van der Waals surface area contributed by atoms with Gasteiger partial charge in [0.25, 0.3) is 5.91 Å². The maximum Gasteiger partial charge on any atom is 0.406 e. The Morgan fingerprint density at radius 3 is 2.50 bits per heavy atom. The molecule has 0 atom stereocenters. The zero-order valence-electron chi connectivity index (χ0n) is 13.1. The summed E-state index contributed by atoms with van der Waals surface area (Å²) in [5, 5.41) is 3.46. The van der Waals surface area contributed by atoms with Crippen LogP contribution in [0.25, 0.3) is 0 Å². The Hall–Kier alpha value is -2.22. The molecule has 4 nitrogen and oxygen atoms in total. The van der Waals surface area contributed by atoms with Crippen molar-refractivity contribution < 1.29 is 27.4 Å². The molecule has 8 heteroatoms. The SMILES string of the molecule is COc1ccc(C(=O)N(Cc2ccsc2)CC(F)(F)F)c(OC)c1. The van der Waals surface area contributed by atoms with Crippen molar-refractivity contribution in [2.45, 2.75) is 12.7 Å². The Morgan fingerprint density at radius 2 is 1.96 bits per heavy atom. The van der Waals surface area contributed by atoms with Crippen molar-refractivity contribution in [1.29, 1.82) is 0 Å². The molecule has 0 fully saturated rings. The number of alkyl halides is 3. The van der Waals surface area contributed by atoms with Gasteiger partial charge in [0.05, 0.1) is 19.8 Å². The Bertz CT molecular complexity index is 686. The van der Waals surface area contributed by atoms with E-state index in [9.17, 15) is 18.0 Å². The van der Waals surface area contributed by atoms with Crippen LogP contribution in [0, 0.1) is 0 Å². The van der Waals surface area contributed by atoms with Crippen molar-refractivity contribution in [3.8, 4) is 11.5 Å². The second kappa shape index (κ2) is 7.57. The van der Waals surface area contributed by atoms with Gasteiger partial charge in [0.2, 0.25) is 0 Å². The van der Waals surface area contributed by atoms with Gasteiger partial charge in [-0.25, -0.2) is 0 Å². The molecule has 0 saturated heterocycles. The van der Waals surface area contributed by atoms with Gasteiger partial charge in [-0.3, -0.25) is 4.79 Å². The van der Waals surface area contributed by atoms with Gasteiger partial charge < -0.3 is 14.4 Å². The topological polar surface area (TPSA) is 38.8 Å². The van der Waals surface area contributed by atoms with Crippen LogP contribution in [-0.4, -0.2) is 37.7 Å². The minimum atomic E-state index is -4.49. The summed E-state index contributed by atoms with van der Waals surface area (Å²) in [5.74, 6) is -0.140. The van der Waals surface area contributed by atoms with Gasteiger partial charge in [-0.15, -0.1) is 0 Å². The second-order valence-electron chi connectivity index (χ2n) is 4.97. The normalized spacial score (nSPS) is 11.2. The number of thiophene rings is 1. The highest BCUT2D eigenvalue weighted by atomic mass is 32.1. The predicted molar refractivity (Wildman–Crippen MR) is 84.7 cm³/mol. The minimum Gasteiger partial charge on any atom is -0.497 e. The summed E-state index contributed by atoms with van der Waals surface area (Å²) in [4.78, 5) is 13.4. The minimum absolute atomic E-state index is 0.0535. The van der Waals surface area contributed by atoms with Crippen LogP contribution in [0.1, 0.15) is 15.9 Å². The summed E-state index contributed by atoms with van der Waals surface area (Å²) in [6.45, 7) is -1.46. The van der Waals surface area contributed by atoms with E-state index in [2.05, 4.69) is 0 Å². The van der Waals surface area contributed by atoms with E-state index in [0.717, 1.165) is 4.90 Å². The largest absolute Gasteiger partial charge is 0.497 e. The lowest BCUT2D eigenvalue weighted by molar-refractivity contribution is -0.141. The van der Waals surface area contributed by atoms with E-state index in [-0.39, 0.29) is 17.9 Å². The summed E-state index contributed by atoms with van der Waals surface area (Å²) in [5.41, 5.74) is 0.697. The number of carbonyl (C=O) groups is 1. The molecule has 0 aliphatic heterocycles. The van der Waals surface area contributed by atoms with Crippen molar-refractivity contribution in [2.24, 2.45) is 0 Å². The number of rotatable bonds is 6. The third-order valence-electron chi connectivity index (χ3n) is 3.25.